The molecule has 0 aromatic heterocycles. The molecule has 2 aromatic rings. The minimum atomic E-state index is 0. The molecule has 122 valence electrons. The summed E-state index contributed by atoms with van der Waals surface area (Å²) in [7, 11) is 1.86. The maximum absolute atomic E-state index is 5.84. The Hall–Kier alpha value is -1.35. The fourth-order valence-electron chi connectivity index (χ4n) is 4.30. The molecule has 1 saturated heterocycles. The van der Waals surface area contributed by atoms with Crippen LogP contribution in [0.15, 0.2) is 54.6 Å². The molecule has 3 heteroatoms. The van der Waals surface area contributed by atoms with Crippen LogP contribution in [0.1, 0.15) is 28.7 Å². The summed E-state index contributed by atoms with van der Waals surface area (Å²) in [5.41, 5.74) is 4.37. The molecule has 2 aliphatic rings. The third-order valence-corrected chi connectivity index (χ3v) is 5.35. The zero-order valence-corrected chi connectivity index (χ0v) is 14.3. The van der Waals surface area contributed by atoms with Crippen LogP contribution in [0.3, 0.4) is 0 Å². The third-order valence-electron chi connectivity index (χ3n) is 5.35. The first-order chi connectivity index (χ1) is 10.9. The van der Waals surface area contributed by atoms with E-state index >= 15 is 0 Å². The Bertz CT molecular complexity index is 645. The number of fused-ring (bicyclic) bond motifs is 3. The Morgan fingerprint density at radius 3 is 2.39 bits per heavy atom. The van der Waals surface area contributed by atoms with Crippen molar-refractivity contribution in [2.75, 3.05) is 26.7 Å². The average molecular weight is 330 g/mol. The lowest BCUT2D eigenvalue weighted by molar-refractivity contribution is 0.0604. The van der Waals surface area contributed by atoms with Gasteiger partial charge in [-0.1, -0.05) is 54.6 Å². The molecule has 1 fully saturated rings. The number of halogens is 1. The first-order valence-corrected chi connectivity index (χ1v) is 8.24. The van der Waals surface area contributed by atoms with E-state index in [-0.39, 0.29) is 18.5 Å². The van der Waals surface area contributed by atoms with Gasteiger partial charge in [0.1, 0.15) is 0 Å². The second-order valence-corrected chi connectivity index (χ2v) is 6.55. The molecule has 1 heterocycles. The molecule has 0 bridgehead atoms. The van der Waals surface area contributed by atoms with Gasteiger partial charge >= 0.3 is 0 Å². The normalized spacial score (nSPS) is 25.7. The van der Waals surface area contributed by atoms with Gasteiger partial charge in [-0.05, 0) is 23.1 Å². The van der Waals surface area contributed by atoms with E-state index in [0.717, 1.165) is 19.5 Å². The van der Waals surface area contributed by atoms with Crippen molar-refractivity contribution in [1.29, 1.82) is 0 Å². The Labute approximate surface area is 144 Å². The lowest BCUT2D eigenvalue weighted by atomic mass is 9.96. The SMILES string of the molecule is COC1c2ccccc2C2CN(CCc3ccccc3)CC21.Cl. The van der Waals surface area contributed by atoms with Gasteiger partial charge < -0.3 is 9.64 Å². The van der Waals surface area contributed by atoms with Gasteiger partial charge in [0.15, 0.2) is 0 Å². The smallest absolute Gasteiger partial charge is 0.0870 e. The maximum atomic E-state index is 5.84. The molecule has 0 radical (unpaired) electrons. The van der Waals surface area contributed by atoms with Crippen molar-refractivity contribution < 1.29 is 4.74 Å². The van der Waals surface area contributed by atoms with E-state index in [1.54, 1.807) is 0 Å². The Balaban J connectivity index is 0.00000156. The van der Waals surface area contributed by atoms with Crippen molar-refractivity contribution >= 4 is 12.4 Å². The number of benzene rings is 2. The van der Waals surface area contributed by atoms with Gasteiger partial charge in [0.05, 0.1) is 6.10 Å². The van der Waals surface area contributed by atoms with Crippen LogP contribution in [0.4, 0.5) is 0 Å². The lowest BCUT2D eigenvalue weighted by Crippen LogP contribution is -2.25. The van der Waals surface area contributed by atoms with Crippen LogP contribution < -0.4 is 0 Å². The second kappa shape index (κ2) is 7.04. The van der Waals surface area contributed by atoms with E-state index in [9.17, 15) is 0 Å². The topological polar surface area (TPSA) is 12.5 Å². The quantitative estimate of drug-likeness (QED) is 0.838. The van der Waals surface area contributed by atoms with E-state index in [1.807, 2.05) is 7.11 Å². The van der Waals surface area contributed by atoms with Crippen LogP contribution in [0.2, 0.25) is 0 Å². The van der Waals surface area contributed by atoms with E-state index in [2.05, 4.69) is 59.5 Å². The molecule has 2 aromatic carbocycles. The summed E-state index contributed by atoms with van der Waals surface area (Å²) < 4.78 is 5.84. The van der Waals surface area contributed by atoms with Crippen molar-refractivity contribution in [3.63, 3.8) is 0 Å². The first kappa shape index (κ1) is 16.5. The van der Waals surface area contributed by atoms with Crippen molar-refractivity contribution in [2.45, 2.75) is 18.4 Å². The van der Waals surface area contributed by atoms with Gasteiger partial charge in [-0.3, -0.25) is 0 Å². The number of likely N-dealkylation sites (tertiary alicyclic amines) is 1. The van der Waals surface area contributed by atoms with Gasteiger partial charge in [0.2, 0.25) is 0 Å². The van der Waals surface area contributed by atoms with E-state index in [0.29, 0.717) is 11.8 Å². The highest BCUT2D eigenvalue weighted by atomic mass is 35.5. The number of rotatable bonds is 4. The van der Waals surface area contributed by atoms with Gasteiger partial charge in [-0.2, -0.15) is 0 Å². The molecule has 3 unspecified atom stereocenters. The molecule has 0 amide bonds. The standard InChI is InChI=1S/C20H23NO.ClH/c1-22-20-17-10-6-5-9-16(17)18-13-21(14-19(18)20)12-11-15-7-3-2-4-8-15;/h2-10,18-20H,11-14H2,1H3;1H. The van der Waals surface area contributed by atoms with E-state index < -0.39 is 0 Å². The minimum Gasteiger partial charge on any atom is -0.376 e. The third kappa shape index (κ3) is 3.03. The summed E-state index contributed by atoms with van der Waals surface area (Å²) in [5.74, 6) is 1.27. The zero-order chi connectivity index (χ0) is 14.9. The molecular weight excluding hydrogens is 306 g/mol. The number of nitrogens with zero attached hydrogens (tertiary/aromatic N) is 1. The molecule has 1 aliphatic heterocycles. The molecule has 0 N–H and O–H groups in total. The summed E-state index contributed by atoms with van der Waals surface area (Å²) in [6.07, 6.45) is 1.42. The van der Waals surface area contributed by atoms with Gasteiger partial charge in [0, 0.05) is 38.6 Å². The zero-order valence-electron chi connectivity index (χ0n) is 13.5. The van der Waals surface area contributed by atoms with Crippen LogP contribution >= 0.6 is 12.4 Å². The molecular formula is C20H24ClNO. The summed E-state index contributed by atoms with van der Waals surface area (Å²) in [4.78, 5) is 2.62. The fourth-order valence-corrected chi connectivity index (χ4v) is 4.30. The van der Waals surface area contributed by atoms with Gasteiger partial charge in [-0.15, -0.1) is 12.4 Å². The molecule has 1 aliphatic carbocycles. The second-order valence-electron chi connectivity index (χ2n) is 6.55. The lowest BCUT2D eigenvalue weighted by Gasteiger charge is -2.20. The molecule has 0 saturated carbocycles. The van der Waals surface area contributed by atoms with Gasteiger partial charge in [-0.25, -0.2) is 0 Å². The summed E-state index contributed by atoms with van der Waals surface area (Å²) >= 11 is 0. The fraction of sp³-hybridized carbons (Fsp3) is 0.400. The Morgan fingerprint density at radius 1 is 0.957 bits per heavy atom. The van der Waals surface area contributed by atoms with Crippen LogP contribution in [0, 0.1) is 5.92 Å². The van der Waals surface area contributed by atoms with Crippen molar-refractivity contribution in [3.05, 3.63) is 71.3 Å². The van der Waals surface area contributed by atoms with E-state index in [1.165, 1.54) is 23.2 Å². The minimum absolute atomic E-state index is 0. The predicted molar refractivity (Wildman–Crippen MR) is 96.3 cm³/mol. The van der Waals surface area contributed by atoms with Crippen molar-refractivity contribution in [1.82, 2.24) is 4.90 Å². The molecule has 2 nitrogen and oxygen atoms in total. The number of hydrogen-bond donors (Lipinski definition) is 0. The monoisotopic (exact) mass is 329 g/mol. The van der Waals surface area contributed by atoms with Crippen LogP contribution in [0.25, 0.3) is 0 Å². The van der Waals surface area contributed by atoms with Crippen molar-refractivity contribution in [3.8, 4) is 0 Å². The van der Waals surface area contributed by atoms with Crippen LogP contribution in [0.5, 0.6) is 0 Å². The maximum Gasteiger partial charge on any atom is 0.0870 e. The summed E-state index contributed by atoms with van der Waals surface area (Å²) in [5, 5.41) is 0. The van der Waals surface area contributed by atoms with Crippen LogP contribution in [-0.2, 0) is 11.2 Å². The highest BCUT2D eigenvalue weighted by Gasteiger charge is 2.45. The van der Waals surface area contributed by atoms with Crippen molar-refractivity contribution in [2.24, 2.45) is 5.92 Å². The Kier molecular flexibility index (Phi) is 5.05. The first-order valence-electron chi connectivity index (χ1n) is 8.24. The van der Waals surface area contributed by atoms with E-state index in [4.69, 9.17) is 4.74 Å². The Morgan fingerprint density at radius 2 is 1.65 bits per heavy atom. The molecule has 23 heavy (non-hydrogen) atoms. The molecule has 0 spiro atoms. The summed E-state index contributed by atoms with van der Waals surface area (Å²) in [6, 6.07) is 19.6. The van der Waals surface area contributed by atoms with Gasteiger partial charge in [0.25, 0.3) is 0 Å². The average Bonchev–Trinajstić information content (AvgIpc) is 3.10. The molecule has 3 atom stereocenters. The number of ether oxygens (including phenoxy) is 1. The highest BCUT2D eigenvalue weighted by Crippen LogP contribution is 2.50. The predicted octanol–water partition coefficient (Wildman–Crippen LogP) is 4.07. The largest absolute Gasteiger partial charge is 0.376 e. The molecule has 4 rings (SSSR count). The number of methoxy groups -OCH3 is 1. The summed E-state index contributed by atoms with van der Waals surface area (Å²) in [6.45, 7) is 3.48. The highest BCUT2D eigenvalue weighted by molar-refractivity contribution is 5.85. The van der Waals surface area contributed by atoms with Crippen LogP contribution in [-0.4, -0.2) is 31.6 Å². The number of hydrogen-bond acceptors (Lipinski definition) is 2.